The van der Waals surface area contributed by atoms with Gasteiger partial charge in [-0.1, -0.05) is 37.3 Å². The van der Waals surface area contributed by atoms with Crippen LogP contribution in [0.3, 0.4) is 0 Å². The molecule has 2 aliphatic heterocycles. The van der Waals surface area contributed by atoms with E-state index in [2.05, 4.69) is 17.0 Å². The van der Waals surface area contributed by atoms with Crippen molar-refractivity contribution >= 4 is 11.8 Å². The number of fused-ring (bicyclic) bond motifs is 1. The van der Waals surface area contributed by atoms with E-state index in [-0.39, 0.29) is 11.8 Å². The van der Waals surface area contributed by atoms with Gasteiger partial charge in [-0.25, -0.2) is 0 Å². The summed E-state index contributed by atoms with van der Waals surface area (Å²) < 4.78 is 0. The zero-order chi connectivity index (χ0) is 17.6. The van der Waals surface area contributed by atoms with E-state index in [9.17, 15) is 9.59 Å². The number of likely N-dealkylation sites (tertiary alicyclic amines) is 2. The van der Waals surface area contributed by atoms with Gasteiger partial charge in [0.15, 0.2) is 0 Å². The van der Waals surface area contributed by atoms with Gasteiger partial charge in [-0.15, -0.1) is 0 Å². The van der Waals surface area contributed by atoms with E-state index in [1.807, 2.05) is 30.0 Å². The highest BCUT2D eigenvalue weighted by Gasteiger charge is 2.38. The number of nitrogens with zero attached hydrogens (tertiary/aromatic N) is 2. The lowest BCUT2D eigenvalue weighted by molar-refractivity contribution is -0.141. The number of benzene rings is 1. The second-order valence-corrected chi connectivity index (χ2v) is 7.38. The molecule has 4 heteroatoms. The first-order chi connectivity index (χ1) is 12.2. The lowest BCUT2D eigenvalue weighted by atomic mass is 9.83. The van der Waals surface area contributed by atoms with Crippen LogP contribution in [0.15, 0.2) is 30.3 Å². The molecule has 2 saturated heterocycles. The molecule has 1 aromatic carbocycles. The molecule has 25 heavy (non-hydrogen) atoms. The third kappa shape index (κ3) is 4.42. The summed E-state index contributed by atoms with van der Waals surface area (Å²) in [6, 6.07) is 10.7. The Hall–Kier alpha value is -1.84. The number of piperidine rings is 2. The van der Waals surface area contributed by atoms with Crippen LogP contribution in [0.25, 0.3) is 0 Å². The summed E-state index contributed by atoms with van der Waals surface area (Å²) in [6.45, 7) is 4.48. The normalized spacial score (nSPS) is 23.2. The molecule has 0 bridgehead atoms. The highest BCUT2D eigenvalue weighted by molar-refractivity contribution is 5.77. The van der Waals surface area contributed by atoms with Gasteiger partial charge in [0.25, 0.3) is 0 Å². The van der Waals surface area contributed by atoms with Crippen LogP contribution in [0.2, 0.25) is 0 Å². The van der Waals surface area contributed by atoms with E-state index in [1.54, 1.807) is 0 Å². The lowest BCUT2D eigenvalue weighted by Gasteiger charge is -2.47. The van der Waals surface area contributed by atoms with Crippen molar-refractivity contribution in [2.75, 3.05) is 19.6 Å². The molecule has 2 atom stereocenters. The fraction of sp³-hybridized carbons (Fsp3) is 0.619. The minimum atomic E-state index is 0.275. The first kappa shape index (κ1) is 18.0. The molecule has 0 aromatic heterocycles. The summed E-state index contributed by atoms with van der Waals surface area (Å²) in [5.41, 5.74) is 1.30. The monoisotopic (exact) mass is 342 g/mol. The van der Waals surface area contributed by atoms with Gasteiger partial charge in [0.1, 0.15) is 0 Å². The second-order valence-electron chi connectivity index (χ2n) is 7.38. The zero-order valence-electron chi connectivity index (χ0n) is 15.3. The van der Waals surface area contributed by atoms with E-state index in [1.165, 1.54) is 5.56 Å². The summed E-state index contributed by atoms with van der Waals surface area (Å²) in [7, 11) is 0. The van der Waals surface area contributed by atoms with Gasteiger partial charge in [0, 0.05) is 38.5 Å². The highest BCUT2D eigenvalue weighted by atomic mass is 16.2. The molecule has 2 fully saturated rings. The van der Waals surface area contributed by atoms with Gasteiger partial charge in [-0.3, -0.25) is 9.59 Å². The van der Waals surface area contributed by atoms with Crippen molar-refractivity contribution in [1.82, 2.24) is 9.80 Å². The van der Waals surface area contributed by atoms with Crippen molar-refractivity contribution in [3.05, 3.63) is 35.9 Å². The Labute approximate surface area is 151 Å². The van der Waals surface area contributed by atoms with Crippen LogP contribution in [0, 0.1) is 5.92 Å². The molecule has 3 rings (SSSR count). The van der Waals surface area contributed by atoms with E-state index < -0.39 is 0 Å². The molecule has 0 aliphatic carbocycles. The van der Waals surface area contributed by atoms with E-state index >= 15 is 0 Å². The van der Waals surface area contributed by atoms with Crippen LogP contribution in [-0.4, -0.2) is 47.3 Å². The summed E-state index contributed by atoms with van der Waals surface area (Å²) in [4.78, 5) is 28.9. The highest BCUT2D eigenvalue weighted by Crippen LogP contribution is 2.31. The van der Waals surface area contributed by atoms with Gasteiger partial charge >= 0.3 is 0 Å². The summed E-state index contributed by atoms with van der Waals surface area (Å²) in [6.07, 6.45) is 6.25. The minimum absolute atomic E-state index is 0.275. The summed E-state index contributed by atoms with van der Waals surface area (Å²) in [5.74, 6) is 1.03. The molecule has 2 heterocycles. The number of amides is 2. The Morgan fingerprint density at radius 1 is 1.08 bits per heavy atom. The largest absolute Gasteiger partial charge is 0.342 e. The first-order valence-electron chi connectivity index (χ1n) is 9.80. The Morgan fingerprint density at radius 3 is 2.64 bits per heavy atom. The number of hydrogen-bond acceptors (Lipinski definition) is 2. The van der Waals surface area contributed by atoms with Crippen molar-refractivity contribution in [3.8, 4) is 0 Å². The van der Waals surface area contributed by atoms with Crippen LogP contribution < -0.4 is 0 Å². The van der Waals surface area contributed by atoms with Gasteiger partial charge in [-0.2, -0.15) is 0 Å². The predicted molar refractivity (Wildman–Crippen MR) is 99.1 cm³/mol. The SMILES string of the molecule is CCC(=O)N1CCC[C@@H]2CN(C(=O)CCCc3ccccc3)CC[C@@H]21. The molecule has 0 saturated carbocycles. The molecule has 4 nitrogen and oxygen atoms in total. The Bertz CT molecular complexity index is 587. The van der Waals surface area contributed by atoms with Crippen LogP contribution in [0.1, 0.15) is 51.0 Å². The fourth-order valence-corrected chi connectivity index (χ4v) is 4.39. The number of carbonyl (C=O) groups is 2. The van der Waals surface area contributed by atoms with Crippen molar-refractivity contribution in [2.45, 2.75) is 57.9 Å². The average molecular weight is 342 g/mol. The smallest absolute Gasteiger partial charge is 0.222 e. The topological polar surface area (TPSA) is 40.6 Å². The molecule has 2 aliphatic rings. The first-order valence-corrected chi connectivity index (χ1v) is 9.80. The maximum atomic E-state index is 12.6. The molecule has 0 N–H and O–H groups in total. The van der Waals surface area contributed by atoms with Crippen molar-refractivity contribution in [2.24, 2.45) is 5.92 Å². The number of aryl methyl sites for hydroxylation is 1. The molecule has 1 aromatic rings. The van der Waals surface area contributed by atoms with E-state index in [4.69, 9.17) is 0 Å². The molecular formula is C21H30N2O2. The molecule has 2 amide bonds. The Morgan fingerprint density at radius 2 is 1.88 bits per heavy atom. The van der Waals surface area contributed by atoms with Crippen LogP contribution in [-0.2, 0) is 16.0 Å². The predicted octanol–water partition coefficient (Wildman–Crippen LogP) is 3.26. The quantitative estimate of drug-likeness (QED) is 0.824. The third-order valence-electron chi connectivity index (χ3n) is 5.74. The zero-order valence-corrected chi connectivity index (χ0v) is 15.3. The average Bonchev–Trinajstić information content (AvgIpc) is 2.67. The maximum Gasteiger partial charge on any atom is 0.222 e. The summed E-state index contributed by atoms with van der Waals surface area (Å²) in [5, 5.41) is 0. The molecular weight excluding hydrogens is 312 g/mol. The molecule has 0 unspecified atom stereocenters. The van der Waals surface area contributed by atoms with Crippen LogP contribution >= 0.6 is 0 Å². The van der Waals surface area contributed by atoms with Crippen LogP contribution in [0.5, 0.6) is 0 Å². The van der Waals surface area contributed by atoms with Crippen LogP contribution in [0.4, 0.5) is 0 Å². The minimum Gasteiger partial charge on any atom is -0.342 e. The lowest BCUT2D eigenvalue weighted by Crippen LogP contribution is -2.56. The van der Waals surface area contributed by atoms with Gasteiger partial charge in [-0.05, 0) is 43.6 Å². The van der Waals surface area contributed by atoms with E-state index in [0.29, 0.717) is 24.8 Å². The van der Waals surface area contributed by atoms with Gasteiger partial charge < -0.3 is 9.80 Å². The van der Waals surface area contributed by atoms with Crippen molar-refractivity contribution in [1.29, 1.82) is 0 Å². The number of carbonyl (C=O) groups excluding carboxylic acids is 2. The molecule has 0 radical (unpaired) electrons. The Balaban J connectivity index is 1.48. The van der Waals surface area contributed by atoms with Crippen molar-refractivity contribution in [3.63, 3.8) is 0 Å². The van der Waals surface area contributed by atoms with Crippen molar-refractivity contribution < 1.29 is 9.59 Å². The second kappa shape index (κ2) is 8.50. The fourth-order valence-electron chi connectivity index (χ4n) is 4.39. The van der Waals surface area contributed by atoms with E-state index in [0.717, 1.165) is 51.7 Å². The van der Waals surface area contributed by atoms with Gasteiger partial charge in [0.05, 0.1) is 0 Å². The number of rotatable bonds is 5. The standard InChI is InChI=1S/C21H30N2O2/c1-2-20(24)23-14-7-11-18-16-22(15-13-19(18)23)21(25)12-6-10-17-8-4-3-5-9-17/h3-5,8-9,18-19H,2,6-7,10-16H2,1H3/t18-,19+/m1/s1. The molecule has 136 valence electrons. The number of hydrogen-bond donors (Lipinski definition) is 0. The Kier molecular flexibility index (Phi) is 6.11. The maximum absolute atomic E-state index is 12.6. The molecule has 0 spiro atoms. The summed E-state index contributed by atoms with van der Waals surface area (Å²) >= 11 is 0. The van der Waals surface area contributed by atoms with Gasteiger partial charge in [0.2, 0.25) is 11.8 Å². The third-order valence-corrected chi connectivity index (χ3v) is 5.74.